The van der Waals surface area contributed by atoms with Crippen molar-refractivity contribution in [2.24, 2.45) is 5.41 Å². The number of hydrogen-bond acceptors (Lipinski definition) is 8. The van der Waals surface area contributed by atoms with Crippen molar-refractivity contribution in [2.45, 2.75) is 97.2 Å². The Hall–Kier alpha value is -4.28. The van der Waals surface area contributed by atoms with Gasteiger partial charge in [0.05, 0.1) is 25.8 Å². The van der Waals surface area contributed by atoms with Crippen LogP contribution in [0, 0.1) is 17.3 Å². The van der Waals surface area contributed by atoms with Gasteiger partial charge in [-0.1, -0.05) is 88.8 Å². The van der Waals surface area contributed by atoms with Crippen LogP contribution in [-0.4, -0.2) is 87.1 Å². The molecule has 284 valence electrons. The summed E-state index contributed by atoms with van der Waals surface area (Å²) in [5.41, 5.74) is 3.89. The van der Waals surface area contributed by atoms with E-state index < -0.39 is 42.7 Å². The number of nitrogens with two attached hydrogens (primary N) is 1. The fourth-order valence-corrected chi connectivity index (χ4v) is 5.22. The van der Waals surface area contributed by atoms with Crippen LogP contribution in [0.1, 0.15) is 92.4 Å². The SMILES string of the molecule is CCCCCCc1ccc(C#Cc2ccc(N(Cc3ccc(C(=O)O)c([O-])c3)C(=O)CC(C)(C)C)cc2)cc1.C[NH2+]C[C@H](O)[C@@H](O)[C@H](O)[C@H](O)CO. The molecular weight excluding hydrogens is 664 g/mol. The molecule has 0 spiro atoms. The van der Waals surface area contributed by atoms with E-state index in [9.17, 15) is 24.9 Å². The van der Waals surface area contributed by atoms with E-state index in [4.69, 9.17) is 20.4 Å². The summed E-state index contributed by atoms with van der Waals surface area (Å²) in [7, 11) is 1.70. The van der Waals surface area contributed by atoms with E-state index in [1.165, 1.54) is 43.4 Å². The van der Waals surface area contributed by atoms with E-state index in [1.54, 1.807) is 23.3 Å². The third-order valence-corrected chi connectivity index (χ3v) is 8.21. The number of likely N-dealkylation sites (N-methyl/N-ethyl adjacent to an activating group) is 1. The van der Waals surface area contributed by atoms with Gasteiger partial charge in [0.15, 0.2) is 0 Å². The fourth-order valence-electron chi connectivity index (χ4n) is 5.22. The van der Waals surface area contributed by atoms with Crippen molar-refractivity contribution in [3.8, 4) is 17.6 Å². The van der Waals surface area contributed by atoms with Gasteiger partial charge in [-0.2, -0.15) is 0 Å². The van der Waals surface area contributed by atoms with Crippen LogP contribution in [-0.2, 0) is 17.8 Å². The molecule has 0 aromatic heterocycles. The number of benzene rings is 3. The first-order valence-electron chi connectivity index (χ1n) is 17.8. The molecule has 3 rings (SSSR count). The number of carboxylic acid groups (broad SMARTS) is 1. The molecule has 11 nitrogen and oxygen atoms in total. The van der Waals surface area contributed by atoms with Gasteiger partial charge in [-0.05, 0) is 71.8 Å². The number of carboxylic acids is 1. The van der Waals surface area contributed by atoms with Gasteiger partial charge in [-0.3, -0.25) is 4.79 Å². The van der Waals surface area contributed by atoms with E-state index in [-0.39, 0.29) is 30.0 Å². The first-order valence-corrected chi connectivity index (χ1v) is 17.8. The molecule has 0 unspecified atom stereocenters. The normalized spacial score (nSPS) is 13.4. The third-order valence-electron chi connectivity index (χ3n) is 8.21. The summed E-state index contributed by atoms with van der Waals surface area (Å²) in [6.45, 7) is 7.95. The molecule has 0 aliphatic rings. The number of quaternary nitrogens is 1. The molecule has 1 amide bonds. The van der Waals surface area contributed by atoms with Crippen molar-refractivity contribution in [1.29, 1.82) is 0 Å². The molecule has 52 heavy (non-hydrogen) atoms. The summed E-state index contributed by atoms with van der Waals surface area (Å²) in [5, 5.41) is 68.0. The molecule has 3 aromatic carbocycles. The molecule has 0 radical (unpaired) electrons. The van der Waals surface area contributed by atoms with Crippen LogP contribution in [0.3, 0.4) is 0 Å². The van der Waals surface area contributed by atoms with E-state index in [2.05, 4.69) is 43.0 Å². The quantitative estimate of drug-likeness (QED) is 0.0859. The highest BCUT2D eigenvalue weighted by atomic mass is 16.4. The summed E-state index contributed by atoms with van der Waals surface area (Å²) >= 11 is 0. The van der Waals surface area contributed by atoms with E-state index in [0.29, 0.717) is 17.7 Å². The lowest BCUT2D eigenvalue weighted by atomic mass is 9.91. The summed E-state index contributed by atoms with van der Waals surface area (Å²) < 4.78 is 0. The number of amides is 1. The number of nitrogens with zero attached hydrogens (tertiary/aromatic N) is 1. The average molecular weight is 721 g/mol. The standard InChI is InChI=1S/C34H39NO4.C7H17NO5/c1-5-6-7-8-9-25-10-12-26(13-11-25)14-15-27-16-19-29(20-17-27)35(32(37)23-34(2,3)4)24-28-18-21-30(33(38)39)31(36)22-28;1-8-2-4(10)6(12)7(13)5(11)3-9/h10-13,16-22,36H,5-9,23-24H2,1-4H3,(H,38,39);4-13H,2-3H2,1H3/t;4-,5+,6+,7+/m.0/s1. The van der Waals surface area contributed by atoms with Gasteiger partial charge in [0.1, 0.15) is 31.0 Å². The van der Waals surface area contributed by atoms with Crippen molar-refractivity contribution in [3.63, 3.8) is 0 Å². The second-order valence-electron chi connectivity index (χ2n) is 14.1. The highest BCUT2D eigenvalue weighted by molar-refractivity contribution is 5.94. The van der Waals surface area contributed by atoms with E-state index in [1.807, 2.05) is 45.0 Å². The lowest BCUT2D eigenvalue weighted by Gasteiger charge is -2.27. The van der Waals surface area contributed by atoms with Gasteiger partial charge in [0, 0.05) is 23.2 Å². The van der Waals surface area contributed by atoms with Gasteiger partial charge in [-0.25, -0.2) is 4.79 Å². The fraction of sp³-hybridized carbons (Fsp3) is 0.463. The van der Waals surface area contributed by atoms with Crippen molar-refractivity contribution >= 4 is 17.6 Å². The zero-order valence-electron chi connectivity index (χ0n) is 31.0. The molecule has 0 heterocycles. The third kappa shape index (κ3) is 15.1. The number of anilines is 1. The Labute approximate surface area is 307 Å². The Balaban J connectivity index is 0.000000612. The van der Waals surface area contributed by atoms with Crippen molar-refractivity contribution in [2.75, 3.05) is 25.1 Å². The zero-order valence-corrected chi connectivity index (χ0v) is 31.0. The molecule has 0 bridgehead atoms. The lowest BCUT2D eigenvalue weighted by molar-refractivity contribution is -0.635. The predicted octanol–water partition coefficient (Wildman–Crippen LogP) is 2.57. The van der Waals surface area contributed by atoms with Gasteiger partial charge in [0.25, 0.3) is 0 Å². The lowest BCUT2D eigenvalue weighted by Crippen LogP contribution is -2.83. The highest BCUT2D eigenvalue weighted by Gasteiger charge is 2.30. The van der Waals surface area contributed by atoms with Gasteiger partial charge in [0.2, 0.25) is 5.91 Å². The number of aromatic carboxylic acids is 1. The molecule has 11 heteroatoms. The topological polar surface area (TPSA) is 198 Å². The molecule has 4 atom stereocenters. The number of rotatable bonds is 16. The molecule has 8 N–H and O–H groups in total. The van der Waals surface area contributed by atoms with Crippen LogP contribution in [0.2, 0.25) is 0 Å². The number of aliphatic hydroxyl groups is 5. The van der Waals surface area contributed by atoms with Gasteiger partial charge < -0.3 is 46.0 Å². The Bertz CT molecular complexity index is 1590. The number of unbranched alkanes of at least 4 members (excludes halogenated alkanes) is 3. The number of carbonyl (C=O) groups is 2. The van der Waals surface area contributed by atoms with E-state index >= 15 is 0 Å². The molecule has 0 fully saturated rings. The summed E-state index contributed by atoms with van der Waals surface area (Å²) in [6.07, 6.45) is 0.897. The van der Waals surface area contributed by atoms with Crippen molar-refractivity contribution in [3.05, 3.63) is 94.5 Å². The molecule has 0 saturated carbocycles. The number of aryl methyl sites for hydroxylation is 1. The average Bonchev–Trinajstić information content (AvgIpc) is 3.10. The van der Waals surface area contributed by atoms with Crippen LogP contribution in [0.4, 0.5) is 5.69 Å². The largest absolute Gasteiger partial charge is 0.872 e. The number of aliphatic hydroxyl groups excluding tert-OH is 5. The maximum absolute atomic E-state index is 13.3. The van der Waals surface area contributed by atoms with Crippen LogP contribution >= 0.6 is 0 Å². The first kappa shape index (κ1) is 43.9. The Morgan fingerprint density at radius 2 is 1.38 bits per heavy atom. The summed E-state index contributed by atoms with van der Waals surface area (Å²) in [5.74, 6) is 4.50. The van der Waals surface area contributed by atoms with E-state index in [0.717, 1.165) is 17.5 Å². The van der Waals surface area contributed by atoms with Crippen LogP contribution in [0.15, 0.2) is 66.7 Å². The maximum Gasteiger partial charge on any atom is 0.335 e. The van der Waals surface area contributed by atoms with Gasteiger partial charge in [-0.15, -0.1) is 0 Å². The Morgan fingerprint density at radius 1 is 0.827 bits per heavy atom. The maximum atomic E-state index is 13.3. The first-order chi connectivity index (χ1) is 24.6. The Kier molecular flexibility index (Phi) is 18.5. The molecular formula is C41H56N2O9. The summed E-state index contributed by atoms with van der Waals surface area (Å²) in [4.78, 5) is 26.1. The van der Waals surface area contributed by atoms with Crippen LogP contribution in [0.5, 0.6) is 5.75 Å². The minimum Gasteiger partial charge on any atom is -0.872 e. The zero-order chi connectivity index (χ0) is 38.8. The smallest absolute Gasteiger partial charge is 0.335 e. The van der Waals surface area contributed by atoms with Crippen molar-refractivity contribution < 1.29 is 50.7 Å². The summed E-state index contributed by atoms with van der Waals surface area (Å²) in [6, 6.07) is 20.1. The monoisotopic (exact) mass is 720 g/mol. The number of hydrogen-bond donors (Lipinski definition) is 7. The molecule has 0 aliphatic heterocycles. The second-order valence-corrected chi connectivity index (χ2v) is 14.1. The minimum absolute atomic E-state index is 0.0779. The van der Waals surface area contributed by atoms with Crippen molar-refractivity contribution in [1.82, 2.24) is 0 Å². The molecule has 0 saturated heterocycles. The molecule has 3 aromatic rings. The number of carbonyl (C=O) groups excluding carboxylic acids is 1. The Morgan fingerprint density at radius 3 is 1.88 bits per heavy atom. The second kappa shape index (κ2) is 21.9. The highest BCUT2D eigenvalue weighted by Crippen LogP contribution is 2.26. The van der Waals surface area contributed by atoms with Crippen LogP contribution in [0.25, 0.3) is 0 Å². The predicted molar refractivity (Wildman–Crippen MR) is 199 cm³/mol. The van der Waals surface area contributed by atoms with Gasteiger partial charge >= 0.3 is 5.97 Å². The minimum atomic E-state index is -1.53. The van der Waals surface area contributed by atoms with Crippen LogP contribution < -0.4 is 15.3 Å². The molecule has 0 aliphatic carbocycles.